The van der Waals surface area contributed by atoms with E-state index in [0.717, 1.165) is 22.1 Å². The van der Waals surface area contributed by atoms with Crippen molar-refractivity contribution >= 4 is 28.1 Å². The van der Waals surface area contributed by atoms with Crippen LogP contribution in [-0.4, -0.2) is 26.7 Å². The summed E-state index contributed by atoms with van der Waals surface area (Å²) in [6.07, 6.45) is 3.15. The lowest BCUT2D eigenvalue weighted by atomic mass is 9.99. The maximum Gasteiger partial charge on any atom is 0.248 e. The van der Waals surface area contributed by atoms with Crippen molar-refractivity contribution in [2.75, 3.05) is 26.1 Å². The molecule has 0 aliphatic heterocycles. The molecular formula is C29H28FNO5. The van der Waals surface area contributed by atoms with Crippen molar-refractivity contribution in [3.05, 3.63) is 77.8 Å². The van der Waals surface area contributed by atoms with Gasteiger partial charge >= 0.3 is 0 Å². The van der Waals surface area contributed by atoms with Crippen LogP contribution in [0.25, 0.3) is 27.7 Å². The summed E-state index contributed by atoms with van der Waals surface area (Å²) in [4.78, 5) is 12.7. The highest BCUT2D eigenvalue weighted by atomic mass is 19.1. The highest BCUT2D eigenvalue weighted by Crippen LogP contribution is 2.40. The van der Waals surface area contributed by atoms with Crippen molar-refractivity contribution in [2.24, 2.45) is 0 Å². The van der Waals surface area contributed by atoms with Crippen molar-refractivity contribution in [1.29, 1.82) is 0 Å². The summed E-state index contributed by atoms with van der Waals surface area (Å²) in [7, 11) is 3.18. The van der Waals surface area contributed by atoms with Gasteiger partial charge < -0.3 is 23.9 Å². The van der Waals surface area contributed by atoms with Gasteiger partial charge in [0.15, 0.2) is 11.5 Å². The normalized spacial score (nSPS) is 11.4. The highest BCUT2D eigenvalue weighted by molar-refractivity contribution is 6.05. The fraction of sp³-hybridized carbons (Fsp3) is 0.207. The first-order valence-corrected chi connectivity index (χ1v) is 11.5. The van der Waals surface area contributed by atoms with E-state index in [1.807, 2.05) is 44.2 Å². The van der Waals surface area contributed by atoms with Crippen LogP contribution >= 0.6 is 0 Å². The SMILES string of the molecule is CCOc1cc2occ(-c3ccc(OC)c(OC)c3)c2cc1/C(C)=C/C(=O)Nc1ccc(C)c(F)c1. The molecule has 186 valence electrons. The van der Waals surface area contributed by atoms with Crippen molar-refractivity contribution in [1.82, 2.24) is 0 Å². The van der Waals surface area contributed by atoms with E-state index in [-0.39, 0.29) is 11.7 Å². The molecule has 0 unspecified atom stereocenters. The van der Waals surface area contributed by atoms with Crippen molar-refractivity contribution in [2.45, 2.75) is 20.8 Å². The minimum atomic E-state index is -0.375. The predicted octanol–water partition coefficient (Wildman–Crippen LogP) is 7.01. The molecule has 0 saturated heterocycles. The third kappa shape index (κ3) is 5.05. The zero-order valence-electron chi connectivity index (χ0n) is 20.9. The molecule has 1 heterocycles. The van der Waals surface area contributed by atoms with E-state index in [4.69, 9.17) is 18.6 Å². The van der Waals surface area contributed by atoms with Gasteiger partial charge in [-0.25, -0.2) is 4.39 Å². The smallest absolute Gasteiger partial charge is 0.248 e. The monoisotopic (exact) mass is 489 g/mol. The number of benzene rings is 3. The zero-order valence-corrected chi connectivity index (χ0v) is 20.9. The molecule has 0 aliphatic carbocycles. The van der Waals surface area contributed by atoms with E-state index in [9.17, 15) is 9.18 Å². The summed E-state index contributed by atoms with van der Waals surface area (Å²) in [5.74, 6) is 1.09. The quantitative estimate of drug-likeness (QED) is 0.270. The lowest BCUT2D eigenvalue weighted by Gasteiger charge is -2.12. The lowest BCUT2D eigenvalue weighted by Crippen LogP contribution is -2.09. The number of amides is 1. The highest BCUT2D eigenvalue weighted by Gasteiger charge is 2.17. The van der Waals surface area contributed by atoms with Gasteiger partial charge in [0.1, 0.15) is 17.1 Å². The Morgan fingerprint density at radius 3 is 2.50 bits per heavy atom. The van der Waals surface area contributed by atoms with Gasteiger partial charge in [0.05, 0.1) is 27.1 Å². The largest absolute Gasteiger partial charge is 0.493 e. The number of hydrogen-bond donors (Lipinski definition) is 1. The van der Waals surface area contributed by atoms with Crippen LogP contribution in [0, 0.1) is 12.7 Å². The number of furan rings is 1. The Hall–Kier alpha value is -4.26. The Labute approximate surface area is 209 Å². The number of fused-ring (bicyclic) bond motifs is 1. The molecule has 0 radical (unpaired) electrons. The standard InChI is InChI=1S/C29H28FNO5/c1-6-35-26-15-27-22(23(16-36-27)19-8-10-25(33-4)28(12-19)34-5)14-21(26)18(3)11-29(32)31-20-9-7-17(2)24(30)13-20/h7-16H,6H2,1-5H3,(H,31,32)/b18-11+. The van der Waals surface area contributed by atoms with Gasteiger partial charge in [-0.3, -0.25) is 4.79 Å². The van der Waals surface area contributed by atoms with E-state index >= 15 is 0 Å². The number of ether oxygens (including phenoxy) is 3. The van der Waals surface area contributed by atoms with Gasteiger partial charge in [0, 0.05) is 34.3 Å². The van der Waals surface area contributed by atoms with Crippen LogP contribution in [0.4, 0.5) is 10.1 Å². The number of allylic oxidation sites excluding steroid dienone is 1. The van der Waals surface area contributed by atoms with Crippen LogP contribution in [0.2, 0.25) is 0 Å². The third-order valence-corrected chi connectivity index (χ3v) is 5.88. The minimum Gasteiger partial charge on any atom is -0.493 e. The number of halogens is 1. The first kappa shape index (κ1) is 24.9. The second-order valence-electron chi connectivity index (χ2n) is 8.28. The molecule has 0 atom stereocenters. The predicted molar refractivity (Wildman–Crippen MR) is 139 cm³/mol. The molecule has 3 aromatic carbocycles. The van der Waals surface area contributed by atoms with E-state index in [0.29, 0.717) is 46.3 Å². The zero-order chi connectivity index (χ0) is 25.8. The summed E-state index contributed by atoms with van der Waals surface area (Å²) >= 11 is 0. The molecule has 0 spiro atoms. The van der Waals surface area contributed by atoms with Crippen LogP contribution < -0.4 is 19.5 Å². The molecule has 4 rings (SSSR count). The molecule has 1 aromatic heterocycles. The number of anilines is 1. The van der Waals surface area contributed by atoms with Gasteiger partial charge in [0.2, 0.25) is 5.91 Å². The van der Waals surface area contributed by atoms with Crippen LogP contribution in [0.1, 0.15) is 25.0 Å². The first-order chi connectivity index (χ1) is 17.3. The first-order valence-electron chi connectivity index (χ1n) is 11.5. The molecular weight excluding hydrogens is 461 g/mol. The summed E-state index contributed by atoms with van der Waals surface area (Å²) in [5.41, 5.74) is 4.74. The molecule has 0 fully saturated rings. The van der Waals surface area contributed by atoms with Crippen molar-refractivity contribution in [3.63, 3.8) is 0 Å². The maximum absolute atomic E-state index is 13.9. The second kappa shape index (κ2) is 10.6. The van der Waals surface area contributed by atoms with Crippen LogP contribution in [0.3, 0.4) is 0 Å². The Kier molecular flexibility index (Phi) is 7.29. The summed E-state index contributed by atoms with van der Waals surface area (Å²) in [6.45, 7) is 5.84. The number of aryl methyl sites for hydroxylation is 1. The van der Waals surface area contributed by atoms with Gasteiger partial charge in [-0.15, -0.1) is 0 Å². The number of methoxy groups -OCH3 is 2. The van der Waals surface area contributed by atoms with Crippen molar-refractivity contribution < 1.29 is 27.8 Å². The topological polar surface area (TPSA) is 69.9 Å². The van der Waals surface area contributed by atoms with E-state index in [1.165, 1.54) is 12.1 Å². The summed E-state index contributed by atoms with van der Waals surface area (Å²) in [6, 6.07) is 14.0. The maximum atomic E-state index is 13.9. The molecule has 0 bridgehead atoms. The Bertz CT molecular complexity index is 1450. The fourth-order valence-corrected chi connectivity index (χ4v) is 3.99. The van der Waals surface area contributed by atoms with E-state index in [2.05, 4.69) is 5.32 Å². The Balaban J connectivity index is 1.73. The Morgan fingerprint density at radius 1 is 1.03 bits per heavy atom. The number of carbonyl (C=O) groups is 1. The van der Waals surface area contributed by atoms with E-state index < -0.39 is 0 Å². The number of carbonyl (C=O) groups excluding carboxylic acids is 1. The molecule has 0 aliphatic rings. The average Bonchev–Trinajstić information content (AvgIpc) is 3.28. The average molecular weight is 490 g/mol. The molecule has 1 N–H and O–H groups in total. The third-order valence-electron chi connectivity index (χ3n) is 5.88. The number of hydrogen-bond acceptors (Lipinski definition) is 5. The molecule has 0 saturated carbocycles. The second-order valence-corrected chi connectivity index (χ2v) is 8.28. The molecule has 7 heteroatoms. The summed E-state index contributed by atoms with van der Waals surface area (Å²) < 4.78 is 36.4. The molecule has 36 heavy (non-hydrogen) atoms. The van der Waals surface area contributed by atoms with Gasteiger partial charge in [-0.2, -0.15) is 0 Å². The summed E-state index contributed by atoms with van der Waals surface area (Å²) in [5, 5.41) is 3.57. The van der Waals surface area contributed by atoms with Crippen LogP contribution in [0.5, 0.6) is 17.2 Å². The molecule has 6 nitrogen and oxygen atoms in total. The molecule has 4 aromatic rings. The van der Waals surface area contributed by atoms with Crippen molar-refractivity contribution in [3.8, 4) is 28.4 Å². The number of rotatable bonds is 8. The molecule has 1 amide bonds. The Morgan fingerprint density at radius 2 is 1.81 bits per heavy atom. The number of nitrogens with one attached hydrogen (secondary N) is 1. The van der Waals surface area contributed by atoms with Gasteiger partial charge in [-0.1, -0.05) is 12.1 Å². The lowest BCUT2D eigenvalue weighted by molar-refractivity contribution is -0.111. The van der Waals surface area contributed by atoms with Crippen LogP contribution in [0.15, 0.2) is 65.3 Å². The van der Waals surface area contributed by atoms with Crippen LogP contribution in [-0.2, 0) is 4.79 Å². The fourth-order valence-electron chi connectivity index (χ4n) is 3.99. The van der Waals surface area contributed by atoms with E-state index in [1.54, 1.807) is 39.5 Å². The van der Waals surface area contributed by atoms with Gasteiger partial charge in [-0.05, 0) is 67.8 Å². The minimum absolute atomic E-state index is 0.370. The van der Waals surface area contributed by atoms with Gasteiger partial charge in [0.25, 0.3) is 0 Å².